The van der Waals surface area contributed by atoms with E-state index in [1.54, 1.807) is 0 Å². The third kappa shape index (κ3) is 2.83. The van der Waals surface area contributed by atoms with Gasteiger partial charge in [-0.1, -0.05) is 5.92 Å². The van der Waals surface area contributed by atoms with Crippen molar-refractivity contribution in [1.29, 1.82) is 0 Å². The van der Waals surface area contributed by atoms with Crippen LogP contribution in [0.1, 0.15) is 26.7 Å². The lowest BCUT2D eigenvalue weighted by atomic mass is 10.1. The first-order chi connectivity index (χ1) is 5.53. The second-order valence-corrected chi connectivity index (χ2v) is 3.64. The number of guanidine groups is 1. The number of hydrogen-bond acceptors (Lipinski definition) is 1. The predicted octanol–water partition coefficient (Wildman–Crippen LogP) is 0.465. The molecule has 1 aliphatic rings. The van der Waals surface area contributed by atoms with Crippen LogP contribution in [-0.2, 0) is 0 Å². The Balaban J connectivity index is 2.44. The minimum atomic E-state index is -0.400. The second-order valence-electron chi connectivity index (χ2n) is 3.64. The third-order valence-corrected chi connectivity index (χ3v) is 1.67. The fraction of sp³-hybridized carbons (Fsp3) is 0.667. The van der Waals surface area contributed by atoms with Crippen molar-refractivity contribution in [1.82, 2.24) is 5.32 Å². The van der Waals surface area contributed by atoms with Gasteiger partial charge in [0, 0.05) is 0 Å². The molecule has 0 radical (unpaired) electrons. The third-order valence-electron chi connectivity index (χ3n) is 1.67. The van der Waals surface area contributed by atoms with Crippen LogP contribution in [0.2, 0.25) is 0 Å². The lowest BCUT2D eigenvalue weighted by Gasteiger charge is -2.19. The highest BCUT2D eigenvalue weighted by atomic mass is 15.1. The summed E-state index contributed by atoms with van der Waals surface area (Å²) < 4.78 is 0. The summed E-state index contributed by atoms with van der Waals surface area (Å²) in [6.07, 6.45) is 7.58. The van der Waals surface area contributed by atoms with E-state index in [-0.39, 0.29) is 0 Å². The summed E-state index contributed by atoms with van der Waals surface area (Å²) in [4.78, 5) is 4.21. The van der Waals surface area contributed by atoms with Gasteiger partial charge >= 0.3 is 0 Å². The number of nitrogens with zero attached hydrogens (tertiary/aromatic N) is 1. The Morgan fingerprint density at radius 2 is 2.25 bits per heavy atom. The van der Waals surface area contributed by atoms with Gasteiger partial charge in [0.1, 0.15) is 0 Å². The zero-order chi connectivity index (χ0) is 9.19. The maximum absolute atomic E-state index is 5.62. The average molecular weight is 165 g/mol. The Bertz CT molecular complexity index is 231. The molecule has 0 aromatic carbocycles. The van der Waals surface area contributed by atoms with Crippen molar-refractivity contribution in [2.24, 2.45) is 10.7 Å². The van der Waals surface area contributed by atoms with Gasteiger partial charge in [0.15, 0.2) is 5.96 Å². The van der Waals surface area contributed by atoms with Gasteiger partial charge in [0.25, 0.3) is 0 Å². The molecule has 0 unspecified atom stereocenters. The number of hydrogen-bond donors (Lipinski definition) is 2. The molecule has 0 saturated heterocycles. The summed E-state index contributed by atoms with van der Waals surface area (Å²) in [5.41, 5.74) is 5.22. The smallest absolute Gasteiger partial charge is 0.190 e. The van der Waals surface area contributed by atoms with Crippen molar-refractivity contribution in [3.05, 3.63) is 0 Å². The Labute approximate surface area is 73.4 Å². The quantitative estimate of drug-likeness (QED) is 0.355. The van der Waals surface area contributed by atoms with E-state index >= 15 is 0 Å². The molecule has 0 spiro atoms. The SMILES string of the molecule is C#CC(C)(C)NC(N)=NC1CC1. The van der Waals surface area contributed by atoms with Gasteiger partial charge in [-0.3, -0.25) is 4.99 Å². The van der Waals surface area contributed by atoms with E-state index < -0.39 is 5.54 Å². The number of nitrogens with one attached hydrogen (secondary N) is 1. The number of aliphatic imine (C=N–C) groups is 1. The normalized spacial score (nSPS) is 18.6. The molecule has 3 N–H and O–H groups in total. The minimum absolute atomic E-state index is 0.400. The highest BCUT2D eigenvalue weighted by molar-refractivity contribution is 5.79. The van der Waals surface area contributed by atoms with Crippen molar-refractivity contribution >= 4 is 5.96 Å². The molecule has 0 amide bonds. The van der Waals surface area contributed by atoms with Gasteiger partial charge < -0.3 is 11.1 Å². The molecule has 66 valence electrons. The Kier molecular flexibility index (Phi) is 2.27. The highest BCUT2D eigenvalue weighted by Crippen LogP contribution is 2.23. The maximum Gasteiger partial charge on any atom is 0.190 e. The van der Waals surface area contributed by atoms with Crippen LogP contribution in [0, 0.1) is 12.3 Å². The van der Waals surface area contributed by atoms with Gasteiger partial charge in [0.05, 0.1) is 11.6 Å². The predicted molar refractivity (Wildman–Crippen MR) is 50.7 cm³/mol. The summed E-state index contributed by atoms with van der Waals surface area (Å²) >= 11 is 0. The molecule has 1 fully saturated rings. The van der Waals surface area contributed by atoms with Gasteiger partial charge in [-0.15, -0.1) is 6.42 Å². The van der Waals surface area contributed by atoms with Crippen LogP contribution in [0.5, 0.6) is 0 Å². The molecule has 0 bridgehead atoms. The summed E-state index contributed by atoms with van der Waals surface area (Å²) in [6, 6.07) is 0.436. The van der Waals surface area contributed by atoms with E-state index in [1.165, 1.54) is 0 Å². The monoisotopic (exact) mass is 165 g/mol. The summed E-state index contributed by atoms with van der Waals surface area (Å²) in [6.45, 7) is 3.78. The van der Waals surface area contributed by atoms with Crippen LogP contribution in [0.4, 0.5) is 0 Å². The largest absolute Gasteiger partial charge is 0.370 e. The first kappa shape index (κ1) is 8.92. The first-order valence-electron chi connectivity index (χ1n) is 4.13. The fourth-order valence-corrected chi connectivity index (χ4v) is 0.789. The molecule has 3 heteroatoms. The van der Waals surface area contributed by atoms with Gasteiger partial charge in [-0.2, -0.15) is 0 Å². The van der Waals surface area contributed by atoms with Crippen LogP contribution in [0.25, 0.3) is 0 Å². The standard InChI is InChI=1S/C9H15N3/c1-4-9(2,3)12-8(10)11-7-5-6-7/h1,7H,5-6H2,2-3H3,(H3,10,11,12). The van der Waals surface area contributed by atoms with Gasteiger partial charge in [0.2, 0.25) is 0 Å². The molecule has 0 aromatic rings. The molecule has 0 atom stereocenters. The van der Waals surface area contributed by atoms with Crippen molar-refractivity contribution in [3.8, 4) is 12.3 Å². The molecule has 0 aromatic heterocycles. The lowest BCUT2D eigenvalue weighted by Crippen LogP contribution is -2.46. The lowest BCUT2D eigenvalue weighted by molar-refractivity contribution is 0.594. The van der Waals surface area contributed by atoms with Crippen molar-refractivity contribution < 1.29 is 0 Å². The zero-order valence-electron chi connectivity index (χ0n) is 7.59. The summed E-state index contributed by atoms with van der Waals surface area (Å²) in [5, 5.41) is 2.97. The summed E-state index contributed by atoms with van der Waals surface area (Å²) in [7, 11) is 0. The molecule has 1 saturated carbocycles. The summed E-state index contributed by atoms with van der Waals surface area (Å²) in [5.74, 6) is 3.05. The van der Waals surface area contributed by atoms with Crippen molar-refractivity contribution in [2.75, 3.05) is 0 Å². The molecule has 12 heavy (non-hydrogen) atoms. The Morgan fingerprint density at radius 1 is 1.67 bits per heavy atom. The van der Waals surface area contributed by atoms with Crippen LogP contribution in [0.15, 0.2) is 4.99 Å². The zero-order valence-corrected chi connectivity index (χ0v) is 7.59. The van der Waals surface area contributed by atoms with Crippen molar-refractivity contribution in [2.45, 2.75) is 38.3 Å². The molecule has 3 nitrogen and oxygen atoms in total. The number of nitrogens with two attached hydrogens (primary N) is 1. The van der Waals surface area contributed by atoms with Crippen LogP contribution >= 0.6 is 0 Å². The minimum Gasteiger partial charge on any atom is -0.370 e. The van der Waals surface area contributed by atoms with Crippen LogP contribution < -0.4 is 11.1 Å². The molecule has 0 heterocycles. The molecule has 1 rings (SSSR count). The van der Waals surface area contributed by atoms with E-state index in [9.17, 15) is 0 Å². The highest BCUT2D eigenvalue weighted by Gasteiger charge is 2.22. The molecule has 0 aliphatic heterocycles. The molecule has 1 aliphatic carbocycles. The van der Waals surface area contributed by atoms with Crippen LogP contribution in [0.3, 0.4) is 0 Å². The maximum atomic E-state index is 5.62. The number of rotatable bonds is 2. The Morgan fingerprint density at radius 3 is 2.67 bits per heavy atom. The van der Waals surface area contributed by atoms with Crippen molar-refractivity contribution in [3.63, 3.8) is 0 Å². The van der Waals surface area contributed by atoms with Gasteiger partial charge in [-0.25, -0.2) is 0 Å². The average Bonchev–Trinajstić information content (AvgIpc) is 2.70. The molecular weight excluding hydrogens is 150 g/mol. The second kappa shape index (κ2) is 3.06. The molecular formula is C9H15N3. The van der Waals surface area contributed by atoms with E-state index in [0.717, 1.165) is 12.8 Å². The van der Waals surface area contributed by atoms with Gasteiger partial charge in [-0.05, 0) is 26.7 Å². The fourth-order valence-electron chi connectivity index (χ4n) is 0.789. The number of terminal acetylenes is 1. The van der Waals surface area contributed by atoms with E-state index in [1.807, 2.05) is 13.8 Å². The van der Waals surface area contributed by atoms with E-state index in [2.05, 4.69) is 16.2 Å². The van der Waals surface area contributed by atoms with Crippen LogP contribution in [-0.4, -0.2) is 17.5 Å². The van der Waals surface area contributed by atoms with E-state index in [0.29, 0.717) is 12.0 Å². The Hall–Kier alpha value is -1.17. The van der Waals surface area contributed by atoms with E-state index in [4.69, 9.17) is 12.2 Å². The topological polar surface area (TPSA) is 50.4 Å². The first-order valence-corrected chi connectivity index (χ1v) is 4.13.